The molecule has 0 spiro atoms. The number of hydrogen-bond donors (Lipinski definition) is 0. The van der Waals surface area contributed by atoms with Crippen LogP contribution in [0.1, 0.15) is 103 Å². The van der Waals surface area contributed by atoms with Gasteiger partial charge < -0.3 is 0 Å². The smallest absolute Gasteiger partial charge is 0.173 e. The molecular formula is C23H40O2S2. The van der Waals surface area contributed by atoms with Crippen LogP contribution in [0.5, 0.6) is 0 Å². The fraction of sp³-hybridized carbons (Fsp3) is 0.739. The van der Waals surface area contributed by atoms with Gasteiger partial charge in [0.05, 0.1) is 11.0 Å². The molecule has 4 heteroatoms. The Balaban J connectivity index is 2.04. The van der Waals surface area contributed by atoms with E-state index in [0.29, 0.717) is 4.90 Å². The summed E-state index contributed by atoms with van der Waals surface area (Å²) in [6.45, 7) is 6.26. The summed E-state index contributed by atoms with van der Waals surface area (Å²) in [7, 11) is -2.81. The van der Waals surface area contributed by atoms with Crippen molar-refractivity contribution in [3.63, 3.8) is 0 Å². The molecule has 27 heavy (non-hydrogen) atoms. The second-order valence-electron chi connectivity index (χ2n) is 7.85. The molecule has 0 aliphatic heterocycles. The maximum Gasteiger partial charge on any atom is 0.173 e. The predicted octanol–water partition coefficient (Wildman–Crippen LogP) is 7.51. The Morgan fingerprint density at radius 2 is 1.30 bits per heavy atom. The van der Waals surface area contributed by atoms with Crippen LogP contribution in [-0.4, -0.2) is 10.3 Å². The molecule has 1 aromatic carbocycles. The lowest BCUT2D eigenvalue weighted by atomic mass is 10.0. The molecule has 0 bridgehead atoms. The monoisotopic (exact) mass is 412 g/mol. The Bertz CT molecular complexity index is 579. The quantitative estimate of drug-likeness (QED) is 0.263. The van der Waals surface area contributed by atoms with E-state index in [1.54, 1.807) is 0 Å². The van der Waals surface area contributed by atoms with Gasteiger partial charge in [-0.3, -0.25) is 4.18 Å². The van der Waals surface area contributed by atoms with Crippen LogP contribution in [0, 0.1) is 6.92 Å². The number of aryl methyl sites for hydroxylation is 1. The zero-order valence-corrected chi connectivity index (χ0v) is 19.3. The molecule has 0 saturated heterocycles. The van der Waals surface area contributed by atoms with E-state index < -0.39 is 8.77 Å². The molecule has 2 atom stereocenters. The van der Waals surface area contributed by atoms with E-state index in [2.05, 4.69) is 6.92 Å². The van der Waals surface area contributed by atoms with Crippen molar-refractivity contribution in [3.8, 4) is 0 Å². The maximum absolute atomic E-state index is 12.6. The van der Waals surface area contributed by atoms with Gasteiger partial charge in [0, 0.05) is 11.2 Å². The van der Waals surface area contributed by atoms with Crippen molar-refractivity contribution in [1.82, 2.24) is 0 Å². The van der Waals surface area contributed by atoms with Gasteiger partial charge in [-0.25, -0.2) is 4.21 Å². The molecule has 2 nitrogen and oxygen atoms in total. The first-order valence-corrected chi connectivity index (χ1v) is 13.4. The van der Waals surface area contributed by atoms with Crippen molar-refractivity contribution in [2.45, 2.75) is 115 Å². The van der Waals surface area contributed by atoms with Crippen molar-refractivity contribution in [1.29, 1.82) is 0 Å². The highest BCUT2D eigenvalue weighted by Crippen LogP contribution is 2.19. The predicted molar refractivity (Wildman–Crippen MR) is 121 cm³/mol. The lowest BCUT2D eigenvalue weighted by Crippen LogP contribution is -2.14. The van der Waals surface area contributed by atoms with E-state index in [-0.39, 0.29) is 6.10 Å². The lowest BCUT2D eigenvalue weighted by molar-refractivity contribution is 0.229. The largest absolute Gasteiger partial charge is 0.283 e. The van der Waals surface area contributed by atoms with Crippen LogP contribution in [0.2, 0.25) is 0 Å². The summed E-state index contributed by atoms with van der Waals surface area (Å²) in [5, 5.41) is 0. The SMILES string of the molecule is CCCCCCCCCCCCCCC(C)OS(=O)(=S)c1ccc(C)cc1. The van der Waals surface area contributed by atoms with Crippen molar-refractivity contribution >= 4 is 20.0 Å². The van der Waals surface area contributed by atoms with Crippen molar-refractivity contribution in [2.75, 3.05) is 0 Å². The minimum Gasteiger partial charge on any atom is -0.283 e. The third-order valence-corrected chi connectivity index (χ3v) is 7.31. The number of hydrogen-bond acceptors (Lipinski definition) is 3. The van der Waals surface area contributed by atoms with E-state index in [4.69, 9.17) is 15.4 Å². The molecular weight excluding hydrogens is 372 g/mol. The zero-order valence-electron chi connectivity index (χ0n) is 17.7. The molecule has 0 aliphatic carbocycles. The molecule has 0 saturated carbocycles. The second kappa shape index (κ2) is 14.5. The average molecular weight is 413 g/mol. The molecule has 0 heterocycles. The minimum atomic E-state index is -2.81. The molecule has 0 amide bonds. The highest BCUT2D eigenvalue weighted by molar-refractivity contribution is 8.30. The normalized spacial score (nSPS) is 14.8. The fourth-order valence-electron chi connectivity index (χ4n) is 3.30. The third-order valence-electron chi connectivity index (χ3n) is 5.06. The van der Waals surface area contributed by atoms with Crippen molar-refractivity contribution in [2.24, 2.45) is 0 Å². The summed E-state index contributed by atoms with van der Waals surface area (Å²) in [5.74, 6) is 0. The molecule has 0 aromatic heterocycles. The summed E-state index contributed by atoms with van der Waals surface area (Å²) in [5.41, 5.74) is 1.13. The molecule has 0 fully saturated rings. The molecule has 1 rings (SSSR count). The molecule has 0 radical (unpaired) electrons. The lowest BCUT2D eigenvalue weighted by Gasteiger charge is -2.15. The Kier molecular flexibility index (Phi) is 13.2. The highest BCUT2D eigenvalue weighted by Gasteiger charge is 2.15. The Hall–Kier alpha value is -0.450. The van der Waals surface area contributed by atoms with E-state index in [1.165, 1.54) is 70.6 Å². The standard InChI is InChI=1S/C23H40O2S2/c1-4-5-6-7-8-9-10-11-12-13-14-15-16-22(3)25-27(24,26)23-19-17-21(2)18-20-23/h17-20,22H,4-16H2,1-3H3. The van der Waals surface area contributed by atoms with Gasteiger partial charge in [0.15, 0.2) is 8.77 Å². The van der Waals surface area contributed by atoms with Gasteiger partial charge in [0.25, 0.3) is 0 Å². The summed E-state index contributed by atoms with van der Waals surface area (Å²) < 4.78 is 18.3. The van der Waals surface area contributed by atoms with Gasteiger partial charge in [0.1, 0.15) is 0 Å². The van der Waals surface area contributed by atoms with Gasteiger partial charge in [-0.05, 0) is 32.4 Å². The van der Waals surface area contributed by atoms with Crippen LogP contribution in [0.4, 0.5) is 0 Å². The molecule has 156 valence electrons. The Morgan fingerprint density at radius 1 is 0.852 bits per heavy atom. The summed E-state index contributed by atoms with van der Waals surface area (Å²) in [6.07, 6.45) is 17.0. The zero-order chi connectivity index (χ0) is 20.0. The summed E-state index contributed by atoms with van der Waals surface area (Å²) >= 11 is 5.23. The molecule has 0 aliphatic rings. The minimum absolute atomic E-state index is 0.0561. The first-order valence-electron chi connectivity index (χ1n) is 11.0. The van der Waals surface area contributed by atoms with Gasteiger partial charge >= 0.3 is 0 Å². The molecule has 0 N–H and O–H groups in total. The Labute approximate surface area is 173 Å². The Morgan fingerprint density at radius 3 is 1.78 bits per heavy atom. The van der Waals surface area contributed by atoms with Gasteiger partial charge in [-0.2, -0.15) is 0 Å². The first-order chi connectivity index (χ1) is 13.0. The van der Waals surface area contributed by atoms with Gasteiger partial charge in [-0.1, -0.05) is 102 Å². The van der Waals surface area contributed by atoms with E-state index >= 15 is 0 Å². The number of rotatable bonds is 16. The van der Waals surface area contributed by atoms with Gasteiger partial charge in [-0.15, -0.1) is 0 Å². The van der Waals surface area contributed by atoms with Crippen LogP contribution in [0.25, 0.3) is 0 Å². The van der Waals surface area contributed by atoms with E-state index in [0.717, 1.165) is 18.4 Å². The van der Waals surface area contributed by atoms with Crippen molar-refractivity contribution in [3.05, 3.63) is 29.8 Å². The van der Waals surface area contributed by atoms with Crippen LogP contribution < -0.4 is 0 Å². The average Bonchev–Trinajstić information content (AvgIpc) is 2.62. The summed E-state index contributed by atoms with van der Waals surface area (Å²) in [6, 6.07) is 7.50. The van der Waals surface area contributed by atoms with Crippen molar-refractivity contribution < 1.29 is 8.39 Å². The van der Waals surface area contributed by atoms with E-state index in [1.807, 2.05) is 38.1 Å². The van der Waals surface area contributed by atoms with Crippen LogP contribution in [0.15, 0.2) is 29.2 Å². The van der Waals surface area contributed by atoms with Crippen LogP contribution in [0.3, 0.4) is 0 Å². The molecule has 2 unspecified atom stereocenters. The van der Waals surface area contributed by atoms with Crippen LogP contribution in [-0.2, 0) is 24.1 Å². The maximum atomic E-state index is 12.6. The van der Waals surface area contributed by atoms with Crippen LogP contribution >= 0.6 is 0 Å². The number of unbranched alkanes of at least 4 members (excludes halogenated alkanes) is 11. The highest BCUT2D eigenvalue weighted by atomic mass is 32.8. The fourth-order valence-corrected chi connectivity index (χ4v) is 5.14. The van der Waals surface area contributed by atoms with Gasteiger partial charge in [0.2, 0.25) is 0 Å². The summed E-state index contributed by atoms with van der Waals surface area (Å²) in [4.78, 5) is 0.615. The number of benzene rings is 1. The molecule has 1 aromatic rings. The first kappa shape index (κ1) is 24.6. The topological polar surface area (TPSA) is 26.3 Å². The third kappa shape index (κ3) is 11.9. The van der Waals surface area contributed by atoms with E-state index in [9.17, 15) is 4.21 Å². The second-order valence-corrected chi connectivity index (χ2v) is 10.7.